The molecule has 1 amide bonds. The Morgan fingerprint density at radius 3 is 2.35 bits per heavy atom. The van der Waals surface area contributed by atoms with E-state index in [4.69, 9.17) is 16.3 Å². The molecule has 2 aromatic rings. The molecule has 1 aliphatic rings. The van der Waals surface area contributed by atoms with Crippen LogP contribution >= 0.6 is 23.4 Å². The summed E-state index contributed by atoms with van der Waals surface area (Å²) >= 11 is 7.75. The van der Waals surface area contributed by atoms with Gasteiger partial charge in [0.05, 0.1) is 0 Å². The third-order valence-corrected chi connectivity index (χ3v) is 5.79. The minimum Gasteiger partial charge on any atom is -0.484 e. The number of ether oxygens (including phenoxy) is 1. The van der Waals surface area contributed by atoms with Crippen LogP contribution in [-0.4, -0.2) is 35.8 Å². The number of hydrogen-bond donors (Lipinski definition) is 1. The number of nitrogens with one attached hydrogen (secondary N) is 1. The maximum Gasteiger partial charge on any atom is 0.257 e. The van der Waals surface area contributed by atoms with Crippen molar-refractivity contribution in [2.24, 2.45) is 0 Å². The molecule has 3 rings (SSSR count). The van der Waals surface area contributed by atoms with Gasteiger partial charge in [-0.3, -0.25) is 9.59 Å². The van der Waals surface area contributed by atoms with Crippen LogP contribution in [0.1, 0.15) is 28.8 Å². The Balaban J connectivity index is 1.48. The van der Waals surface area contributed by atoms with E-state index in [0.29, 0.717) is 33.7 Å². The lowest BCUT2D eigenvalue weighted by Gasteiger charge is -2.11. The topological polar surface area (TPSA) is 55.4 Å². The van der Waals surface area contributed by atoms with Gasteiger partial charge in [0, 0.05) is 27.9 Å². The van der Waals surface area contributed by atoms with Crippen LogP contribution in [0.25, 0.3) is 0 Å². The molecule has 0 radical (unpaired) electrons. The highest BCUT2D eigenvalue weighted by molar-refractivity contribution is 8.00. The molecule has 1 saturated heterocycles. The Hall–Kier alpha value is -1.98. The van der Waals surface area contributed by atoms with Crippen LogP contribution in [0.4, 0.5) is 0 Å². The molecule has 2 aromatic carbocycles. The van der Waals surface area contributed by atoms with Crippen molar-refractivity contribution in [2.75, 3.05) is 18.9 Å². The van der Waals surface area contributed by atoms with Gasteiger partial charge in [0.2, 0.25) is 0 Å². The molecular formula is C20H20ClNO3S. The highest BCUT2D eigenvalue weighted by Gasteiger charge is 2.16. The first-order valence-electron chi connectivity index (χ1n) is 8.53. The number of ketones is 1. The Morgan fingerprint density at radius 2 is 1.73 bits per heavy atom. The summed E-state index contributed by atoms with van der Waals surface area (Å²) in [5.74, 6) is 1.53. The summed E-state index contributed by atoms with van der Waals surface area (Å²) in [6, 6.07) is 13.6. The second-order valence-corrected chi connectivity index (χ2v) is 7.93. The van der Waals surface area contributed by atoms with E-state index in [1.165, 1.54) is 12.2 Å². The molecule has 0 aliphatic carbocycles. The van der Waals surface area contributed by atoms with Crippen molar-refractivity contribution in [2.45, 2.75) is 18.1 Å². The van der Waals surface area contributed by atoms with Gasteiger partial charge in [-0.1, -0.05) is 11.6 Å². The van der Waals surface area contributed by atoms with E-state index in [-0.39, 0.29) is 18.3 Å². The van der Waals surface area contributed by atoms with Crippen molar-refractivity contribution in [1.82, 2.24) is 5.32 Å². The summed E-state index contributed by atoms with van der Waals surface area (Å²) in [6.45, 7) is 0.670. The average molecular weight is 390 g/mol. The van der Waals surface area contributed by atoms with Crippen molar-refractivity contribution in [3.8, 4) is 5.75 Å². The first kappa shape index (κ1) is 18.8. The van der Waals surface area contributed by atoms with Crippen LogP contribution < -0.4 is 10.1 Å². The van der Waals surface area contributed by atoms with E-state index in [1.807, 2.05) is 11.8 Å². The molecule has 0 bridgehead atoms. The summed E-state index contributed by atoms with van der Waals surface area (Å²) in [7, 11) is 0. The van der Waals surface area contributed by atoms with Crippen molar-refractivity contribution < 1.29 is 14.3 Å². The molecule has 6 heteroatoms. The van der Waals surface area contributed by atoms with Gasteiger partial charge in [0.1, 0.15) is 5.75 Å². The number of thioether (sulfide) groups is 1. The van der Waals surface area contributed by atoms with Crippen molar-refractivity contribution >= 4 is 35.1 Å². The second kappa shape index (κ2) is 9.10. The second-order valence-electron chi connectivity index (χ2n) is 6.09. The lowest BCUT2D eigenvalue weighted by molar-refractivity contribution is -0.123. The van der Waals surface area contributed by atoms with Gasteiger partial charge in [0.15, 0.2) is 12.4 Å². The van der Waals surface area contributed by atoms with Crippen LogP contribution in [0.5, 0.6) is 5.75 Å². The van der Waals surface area contributed by atoms with E-state index in [1.54, 1.807) is 48.5 Å². The minimum absolute atomic E-state index is 0.0259. The van der Waals surface area contributed by atoms with Crippen LogP contribution in [-0.2, 0) is 4.79 Å². The maximum absolute atomic E-state index is 12.4. The van der Waals surface area contributed by atoms with Crippen LogP contribution in [0, 0.1) is 0 Å². The number of carbonyl (C=O) groups excluding carboxylic acids is 2. The number of halogens is 1. The summed E-state index contributed by atoms with van der Waals surface area (Å²) < 4.78 is 5.49. The highest BCUT2D eigenvalue weighted by atomic mass is 35.5. The van der Waals surface area contributed by atoms with E-state index < -0.39 is 0 Å². The standard InChI is InChI=1S/C20H20ClNO3S/c21-16-7-3-14(4-8-16)20(24)15-5-9-17(10-6-15)25-13-19(23)22-12-18-2-1-11-26-18/h3-10,18H,1-2,11-13H2,(H,22,23)/t18-/m0/s1. The van der Waals surface area contributed by atoms with Crippen LogP contribution in [0.15, 0.2) is 48.5 Å². The van der Waals surface area contributed by atoms with Gasteiger partial charge in [0.25, 0.3) is 5.91 Å². The molecule has 0 unspecified atom stereocenters. The monoisotopic (exact) mass is 389 g/mol. The van der Waals surface area contributed by atoms with Gasteiger partial charge in [-0.2, -0.15) is 11.8 Å². The SMILES string of the molecule is O=C(COc1ccc(C(=O)c2ccc(Cl)cc2)cc1)NC[C@@H]1CCCS1. The minimum atomic E-state index is -0.126. The molecule has 4 nitrogen and oxygen atoms in total. The smallest absolute Gasteiger partial charge is 0.257 e. The van der Waals surface area contributed by atoms with E-state index >= 15 is 0 Å². The molecule has 0 aromatic heterocycles. The van der Waals surface area contributed by atoms with Gasteiger partial charge in [-0.25, -0.2) is 0 Å². The van der Waals surface area contributed by atoms with Crippen LogP contribution in [0.2, 0.25) is 5.02 Å². The Kier molecular flexibility index (Phi) is 6.58. The molecule has 1 atom stereocenters. The molecule has 1 aliphatic heterocycles. The Morgan fingerprint density at radius 1 is 1.08 bits per heavy atom. The first-order valence-corrected chi connectivity index (χ1v) is 9.96. The fourth-order valence-corrected chi connectivity index (χ4v) is 4.03. The van der Waals surface area contributed by atoms with Crippen LogP contribution in [0.3, 0.4) is 0 Å². The average Bonchev–Trinajstić information content (AvgIpc) is 3.19. The molecule has 0 saturated carbocycles. The fourth-order valence-electron chi connectivity index (χ4n) is 2.70. The lowest BCUT2D eigenvalue weighted by Crippen LogP contribution is -2.33. The molecule has 1 N–H and O–H groups in total. The quantitative estimate of drug-likeness (QED) is 0.728. The van der Waals surface area contributed by atoms with E-state index in [9.17, 15) is 9.59 Å². The summed E-state index contributed by atoms with van der Waals surface area (Å²) in [6.07, 6.45) is 2.39. The summed E-state index contributed by atoms with van der Waals surface area (Å²) in [5, 5.41) is 4.02. The van der Waals surface area contributed by atoms with Gasteiger partial charge in [-0.05, 0) is 67.1 Å². The Bertz CT molecular complexity index is 756. The van der Waals surface area contributed by atoms with Gasteiger partial charge in [-0.15, -0.1) is 0 Å². The first-order chi connectivity index (χ1) is 12.6. The van der Waals surface area contributed by atoms with E-state index in [0.717, 1.165) is 6.42 Å². The zero-order valence-corrected chi connectivity index (χ0v) is 15.8. The van der Waals surface area contributed by atoms with Crippen molar-refractivity contribution in [1.29, 1.82) is 0 Å². The predicted molar refractivity (Wildman–Crippen MR) is 105 cm³/mol. The van der Waals surface area contributed by atoms with Crippen molar-refractivity contribution in [3.63, 3.8) is 0 Å². The largest absolute Gasteiger partial charge is 0.484 e. The molecule has 26 heavy (non-hydrogen) atoms. The Labute approximate surface area is 162 Å². The molecule has 0 spiro atoms. The fraction of sp³-hybridized carbons (Fsp3) is 0.300. The number of amides is 1. The third kappa shape index (κ3) is 5.26. The molecule has 136 valence electrons. The predicted octanol–water partition coefficient (Wildman–Crippen LogP) is 3.96. The summed E-state index contributed by atoms with van der Waals surface area (Å²) in [5.41, 5.74) is 1.13. The third-order valence-electron chi connectivity index (χ3n) is 4.14. The number of hydrogen-bond acceptors (Lipinski definition) is 4. The van der Waals surface area contributed by atoms with Gasteiger partial charge >= 0.3 is 0 Å². The van der Waals surface area contributed by atoms with Gasteiger partial charge < -0.3 is 10.1 Å². The number of carbonyl (C=O) groups is 2. The molecule has 1 fully saturated rings. The summed E-state index contributed by atoms with van der Waals surface area (Å²) in [4.78, 5) is 24.2. The molecular weight excluding hydrogens is 370 g/mol. The normalized spacial score (nSPS) is 16.3. The molecule has 1 heterocycles. The van der Waals surface area contributed by atoms with Crippen molar-refractivity contribution in [3.05, 3.63) is 64.7 Å². The maximum atomic E-state index is 12.4. The zero-order chi connectivity index (χ0) is 18.4. The highest BCUT2D eigenvalue weighted by Crippen LogP contribution is 2.25. The number of benzene rings is 2. The van der Waals surface area contributed by atoms with E-state index in [2.05, 4.69) is 5.32 Å². The number of rotatable bonds is 7. The lowest BCUT2D eigenvalue weighted by atomic mass is 10.0. The zero-order valence-electron chi connectivity index (χ0n) is 14.2.